The number of amides is 1. The van der Waals surface area contributed by atoms with Gasteiger partial charge in [-0.1, -0.05) is 48.5 Å². The highest BCUT2D eigenvalue weighted by molar-refractivity contribution is 5.95. The molecule has 2 aromatic heterocycles. The molecule has 0 aliphatic heterocycles. The van der Waals surface area contributed by atoms with Crippen LogP contribution < -0.4 is 10.9 Å². The first-order valence-electron chi connectivity index (χ1n) is 9.57. The second kappa shape index (κ2) is 7.75. The molecule has 1 amide bonds. The smallest absolute Gasteiger partial charge is 0.277 e. The first kappa shape index (κ1) is 18.7. The third kappa shape index (κ3) is 3.57. The summed E-state index contributed by atoms with van der Waals surface area (Å²) in [5.74, 6) is -0.192. The molecular formula is C23H22N4O2. The van der Waals surface area contributed by atoms with E-state index < -0.39 is 0 Å². The van der Waals surface area contributed by atoms with E-state index in [1.807, 2.05) is 74.6 Å². The third-order valence-corrected chi connectivity index (χ3v) is 5.00. The summed E-state index contributed by atoms with van der Waals surface area (Å²) >= 11 is 0. The fraction of sp³-hybridized carbons (Fsp3) is 0.174. The van der Waals surface area contributed by atoms with Gasteiger partial charge in [-0.2, -0.15) is 0 Å². The Hall–Kier alpha value is -3.67. The third-order valence-electron chi connectivity index (χ3n) is 5.00. The molecule has 4 aromatic rings. The van der Waals surface area contributed by atoms with Gasteiger partial charge in [-0.3, -0.25) is 14.2 Å². The van der Waals surface area contributed by atoms with Crippen molar-refractivity contribution < 1.29 is 4.79 Å². The minimum Gasteiger partial charge on any atom is -0.332 e. The van der Waals surface area contributed by atoms with Crippen LogP contribution in [0.15, 0.2) is 71.9 Å². The molecule has 0 fully saturated rings. The van der Waals surface area contributed by atoms with Crippen molar-refractivity contribution >= 4 is 22.6 Å². The zero-order valence-electron chi connectivity index (χ0n) is 16.4. The molecule has 0 aliphatic carbocycles. The predicted octanol–water partition coefficient (Wildman–Crippen LogP) is 3.83. The Bertz CT molecular complexity index is 1240. The Morgan fingerprint density at radius 2 is 1.76 bits per heavy atom. The average Bonchev–Trinajstić information content (AvgIpc) is 3.10. The monoisotopic (exact) mass is 386 g/mol. The van der Waals surface area contributed by atoms with E-state index in [0.717, 1.165) is 22.4 Å². The number of aryl methyl sites for hydroxylation is 2. The van der Waals surface area contributed by atoms with E-state index in [-0.39, 0.29) is 18.0 Å². The van der Waals surface area contributed by atoms with Crippen molar-refractivity contribution in [2.45, 2.75) is 26.9 Å². The maximum Gasteiger partial charge on any atom is 0.277 e. The van der Waals surface area contributed by atoms with E-state index >= 15 is 0 Å². The number of hydrogen-bond acceptors (Lipinski definition) is 3. The lowest BCUT2D eigenvalue weighted by atomic mass is 10.1. The van der Waals surface area contributed by atoms with Crippen LogP contribution in [0.4, 0.5) is 5.69 Å². The van der Waals surface area contributed by atoms with Crippen molar-refractivity contribution in [2.24, 2.45) is 0 Å². The van der Waals surface area contributed by atoms with E-state index in [4.69, 9.17) is 0 Å². The van der Waals surface area contributed by atoms with Crippen LogP contribution in [0.1, 0.15) is 12.5 Å². The van der Waals surface area contributed by atoms with Gasteiger partial charge in [0.2, 0.25) is 5.91 Å². The largest absolute Gasteiger partial charge is 0.332 e. The lowest BCUT2D eigenvalue weighted by Crippen LogP contribution is -2.24. The molecule has 0 atom stereocenters. The molecule has 0 saturated heterocycles. The zero-order valence-corrected chi connectivity index (χ0v) is 16.4. The molecular weight excluding hydrogens is 364 g/mol. The van der Waals surface area contributed by atoms with E-state index in [1.165, 1.54) is 0 Å². The van der Waals surface area contributed by atoms with Crippen LogP contribution in [0.3, 0.4) is 0 Å². The van der Waals surface area contributed by atoms with Gasteiger partial charge >= 0.3 is 0 Å². The van der Waals surface area contributed by atoms with Gasteiger partial charge in [-0.25, -0.2) is 4.98 Å². The molecule has 2 aromatic carbocycles. The number of hydrogen-bond donors (Lipinski definition) is 1. The highest BCUT2D eigenvalue weighted by Crippen LogP contribution is 2.27. The van der Waals surface area contributed by atoms with Crippen LogP contribution in [0.2, 0.25) is 0 Å². The highest BCUT2D eigenvalue weighted by Gasteiger charge is 2.18. The number of carbonyl (C=O) groups excluding carboxylic acids is 1. The number of benzene rings is 2. The van der Waals surface area contributed by atoms with Crippen LogP contribution in [-0.2, 0) is 17.9 Å². The van der Waals surface area contributed by atoms with Gasteiger partial charge in [0, 0.05) is 24.0 Å². The van der Waals surface area contributed by atoms with Gasteiger partial charge in [0.15, 0.2) is 0 Å². The van der Waals surface area contributed by atoms with E-state index in [9.17, 15) is 9.59 Å². The van der Waals surface area contributed by atoms with Crippen molar-refractivity contribution in [2.75, 3.05) is 5.32 Å². The summed E-state index contributed by atoms with van der Waals surface area (Å²) in [5.41, 5.74) is 4.44. The topological polar surface area (TPSA) is 68.9 Å². The van der Waals surface area contributed by atoms with E-state index in [0.29, 0.717) is 17.6 Å². The van der Waals surface area contributed by atoms with Crippen molar-refractivity contribution in [1.29, 1.82) is 0 Å². The second-order valence-electron chi connectivity index (χ2n) is 6.93. The van der Waals surface area contributed by atoms with Gasteiger partial charge in [0.1, 0.15) is 17.6 Å². The van der Waals surface area contributed by atoms with Crippen LogP contribution in [0.5, 0.6) is 0 Å². The van der Waals surface area contributed by atoms with Crippen molar-refractivity contribution in [3.63, 3.8) is 0 Å². The maximum absolute atomic E-state index is 13.0. The minimum atomic E-state index is -0.192. The molecule has 0 unspecified atom stereocenters. The molecule has 1 N–H and O–H groups in total. The minimum absolute atomic E-state index is 0.0301. The fourth-order valence-corrected chi connectivity index (χ4v) is 3.45. The summed E-state index contributed by atoms with van der Waals surface area (Å²) in [6.45, 7) is 4.38. The lowest BCUT2D eigenvalue weighted by Gasteiger charge is -2.09. The summed E-state index contributed by atoms with van der Waals surface area (Å²) in [7, 11) is 0. The number of nitrogens with zero attached hydrogens (tertiary/aromatic N) is 3. The molecule has 146 valence electrons. The number of para-hydroxylation sites is 1. The first-order chi connectivity index (χ1) is 14.1. The van der Waals surface area contributed by atoms with Gasteiger partial charge in [-0.15, -0.1) is 0 Å². The molecule has 0 bridgehead atoms. The van der Waals surface area contributed by atoms with Crippen LogP contribution in [0, 0.1) is 6.92 Å². The molecule has 29 heavy (non-hydrogen) atoms. The Morgan fingerprint density at radius 3 is 2.48 bits per heavy atom. The van der Waals surface area contributed by atoms with Crippen molar-refractivity contribution in [3.05, 3.63) is 83.0 Å². The summed E-state index contributed by atoms with van der Waals surface area (Å²) in [6.07, 6.45) is 3.40. The Morgan fingerprint density at radius 1 is 1.03 bits per heavy atom. The number of fused-ring (bicyclic) bond motifs is 1. The molecule has 6 heteroatoms. The number of nitrogens with one attached hydrogen (secondary N) is 1. The molecule has 0 saturated carbocycles. The lowest BCUT2D eigenvalue weighted by molar-refractivity contribution is -0.116. The van der Waals surface area contributed by atoms with Gasteiger partial charge in [0.05, 0.1) is 6.33 Å². The normalized spacial score (nSPS) is 11.0. The van der Waals surface area contributed by atoms with Gasteiger partial charge in [0.25, 0.3) is 5.56 Å². The van der Waals surface area contributed by atoms with E-state index in [1.54, 1.807) is 15.5 Å². The summed E-state index contributed by atoms with van der Waals surface area (Å²) in [4.78, 5) is 30.2. The predicted molar refractivity (Wildman–Crippen MR) is 115 cm³/mol. The second-order valence-corrected chi connectivity index (χ2v) is 6.93. The molecule has 0 radical (unpaired) electrons. The van der Waals surface area contributed by atoms with Crippen LogP contribution in [-0.4, -0.2) is 20.0 Å². The number of anilines is 1. The highest BCUT2D eigenvalue weighted by atomic mass is 16.2. The summed E-state index contributed by atoms with van der Waals surface area (Å²) < 4.78 is 3.25. The quantitative estimate of drug-likeness (QED) is 0.567. The average molecular weight is 386 g/mol. The molecule has 2 heterocycles. The van der Waals surface area contributed by atoms with Gasteiger partial charge < -0.3 is 9.88 Å². The van der Waals surface area contributed by atoms with Crippen LogP contribution >= 0.6 is 0 Å². The molecule has 0 aliphatic rings. The fourth-order valence-electron chi connectivity index (χ4n) is 3.45. The Kier molecular flexibility index (Phi) is 4.99. The SMILES string of the molecule is CCn1cnc2c(-c3ccccc3)cn(CC(=O)Nc3ccccc3C)c2c1=O. The van der Waals surface area contributed by atoms with Crippen molar-refractivity contribution in [1.82, 2.24) is 14.1 Å². The number of carbonyl (C=O) groups is 1. The Balaban J connectivity index is 1.78. The Labute approximate surface area is 168 Å². The molecule has 4 rings (SSSR count). The summed E-state index contributed by atoms with van der Waals surface area (Å²) in [6, 6.07) is 17.4. The van der Waals surface area contributed by atoms with Crippen LogP contribution in [0.25, 0.3) is 22.2 Å². The standard InChI is InChI=1S/C23H22N4O2/c1-3-26-15-24-21-18(17-10-5-4-6-11-17)13-27(22(21)23(26)29)14-20(28)25-19-12-8-7-9-16(19)2/h4-13,15H,3,14H2,1-2H3,(H,25,28). The van der Waals surface area contributed by atoms with Gasteiger partial charge in [-0.05, 0) is 31.0 Å². The molecule has 0 spiro atoms. The van der Waals surface area contributed by atoms with Crippen molar-refractivity contribution in [3.8, 4) is 11.1 Å². The zero-order chi connectivity index (χ0) is 20.4. The maximum atomic E-state index is 13.0. The first-order valence-corrected chi connectivity index (χ1v) is 9.57. The summed E-state index contributed by atoms with van der Waals surface area (Å²) in [5, 5.41) is 2.93. The number of aromatic nitrogens is 3. The number of rotatable bonds is 5. The molecule has 6 nitrogen and oxygen atoms in total. The van der Waals surface area contributed by atoms with E-state index in [2.05, 4.69) is 10.3 Å².